The molecule has 0 saturated heterocycles. The van der Waals surface area contributed by atoms with Gasteiger partial charge in [0.1, 0.15) is 5.83 Å². The number of hydrogen-bond acceptors (Lipinski definition) is 0. The van der Waals surface area contributed by atoms with Crippen molar-refractivity contribution in [1.82, 2.24) is 0 Å². The average molecular weight is 190 g/mol. The number of hydrogen-bond donors (Lipinski definition) is 0. The van der Waals surface area contributed by atoms with Crippen molar-refractivity contribution in [1.29, 1.82) is 0 Å². The first-order chi connectivity index (χ1) is 6.59. The smallest absolute Gasteiger partial charge is 0.116 e. The van der Waals surface area contributed by atoms with Crippen LogP contribution in [-0.4, -0.2) is 0 Å². The second-order valence-electron chi connectivity index (χ2n) is 3.51. The fourth-order valence-corrected chi connectivity index (χ4v) is 1.31. The second kappa shape index (κ2) is 4.75. The van der Waals surface area contributed by atoms with Crippen LogP contribution in [0.1, 0.15) is 19.8 Å². The van der Waals surface area contributed by atoms with Gasteiger partial charge in [0.25, 0.3) is 0 Å². The maximum Gasteiger partial charge on any atom is 0.116 e. The van der Waals surface area contributed by atoms with E-state index in [0.717, 1.165) is 18.4 Å². The van der Waals surface area contributed by atoms with Gasteiger partial charge >= 0.3 is 0 Å². The molecule has 0 aromatic heterocycles. The van der Waals surface area contributed by atoms with Crippen LogP contribution in [-0.2, 0) is 0 Å². The number of allylic oxidation sites excluding steroid dienone is 8. The van der Waals surface area contributed by atoms with Gasteiger partial charge in [0.05, 0.1) is 0 Å². The molecule has 0 heterocycles. The van der Waals surface area contributed by atoms with Crippen LogP contribution in [0.2, 0.25) is 0 Å². The van der Waals surface area contributed by atoms with Gasteiger partial charge in [0.15, 0.2) is 0 Å². The Kier molecular flexibility index (Phi) is 3.63. The maximum atomic E-state index is 12.3. The molecule has 74 valence electrons. The lowest BCUT2D eigenvalue weighted by atomic mass is 9.94. The summed E-state index contributed by atoms with van der Waals surface area (Å²) in [5.74, 6) is -0.436. The summed E-state index contributed by atoms with van der Waals surface area (Å²) in [5.41, 5.74) is 3.42. The summed E-state index contributed by atoms with van der Waals surface area (Å²) >= 11 is 0. The van der Waals surface area contributed by atoms with E-state index in [1.165, 1.54) is 17.2 Å². The Bertz CT molecular complexity index is 340. The first kappa shape index (κ1) is 10.7. The Hall–Kier alpha value is -1.37. The third-order valence-corrected chi connectivity index (χ3v) is 2.24. The molecule has 0 bridgehead atoms. The minimum absolute atomic E-state index is 0.436. The van der Waals surface area contributed by atoms with Gasteiger partial charge < -0.3 is 0 Å². The van der Waals surface area contributed by atoms with Gasteiger partial charge in [0, 0.05) is 0 Å². The molecule has 0 nitrogen and oxygen atoms in total. The van der Waals surface area contributed by atoms with Crippen LogP contribution in [0.25, 0.3) is 0 Å². The third kappa shape index (κ3) is 3.17. The molecule has 14 heavy (non-hydrogen) atoms. The van der Waals surface area contributed by atoms with Crippen LogP contribution >= 0.6 is 0 Å². The molecule has 0 aromatic carbocycles. The fourth-order valence-electron chi connectivity index (χ4n) is 1.31. The molecule has 0 fully saturated rings. The highest BCUT2D eigenvalue weighted by molar-refractivity contribution is 5.43. The molecule has 0 aliphatic heterocycles. The molecule has 0 aromatic rings. The van der Waals surface area contributed by atoms with E-state index in [9.17, 15) is 4.39 Å². The van der Waals surface area contributed by atoms with Gasteiger partial charge in [-0.15, -0.1) is 0 Å². The Labute approximate surface area is 84.8 Å². The minimum Gasteiger partial charge on any atom is -0.208 e. The van der Waals surface area contributed by atoms with Gasteiger partial charge in [-0.1, -0.05) is 37.0 Å². The molecule has 0 amide bonds. The molecule has 1 heteroatoms. The van der Waals surface area contributed by atoms with Crippen molar-refractivity contribution in [3.63, 3.8) is 0 Å². The summed E-state index contributed by atoms with van der Waals surface area (Å²) in [5, 5.41) is 0. The highest BCUT2D eigenvalue weighted by Gasteiger charge is 2.04. The Morgan fingerprint density at radius 1 is 1.29 bits per heavy atom. The lowest BCUT2D eigenvalue weighted by Crippen LogP contribution is -1.92. The van der Waals surface area contributed by atoms with Crippen LogP contribution in [0.4, 0.5) is 4.39 Å². The first-order valence-corrected chi connectivity index (χ1v) is 4.67. The molecule has 1 aliphatic rings. The van der Waals surface area contributed by atoms with Crippen LogP contribution in [0.15, 0.2) is 60.0 Å². The quantitative estimate of drug-likeness (QED) is 0.584. The van der Waals surface area contributed by atoms with Gasteiger partial charge in [-0.25, -0.2) is 4.39 Å². The lowest BCUT2D eigenvalue weighted by Gasteiger charge is -2.11. The van der Waals surface area contributed by atoms with E-state index in [2.05, 4.69) is 26.2 Å². The SMILES string of the molecule is C=C(F)/C=C\C(=C)C1=CC=C(C)CC1. The number of rotatable bonds is 3. The van der Waals surface area contributed by atoms with Gasteiger partial charge in [-0.05, 0) is 37.0 Å². The summed E-state index contributed by atoms with van der Waals surface area (Å²) in [6.07, 6.45) is 9.20. The minimum atomic E-state index is -0.436. The van der Waals surface area contributed by atoms with E-state index < -0.39 is 5.83 Å². The summed E-state index contributed by atoms with van der Waals surface area (Å²) in [6.45, 7) is 9.15. The zero-order valence-electron chi connectivity index (χ0n) is 8.52. The zero-order valence-corrected chi connectivity index (χ0v) is 8.52. The van der Waals surface area contributed by atoms with E-state index in [-0.39, 0.29) is 0 Å². The Morgan fingerprint density at radius 2 is 2.00 bits per heavy atom. The normalized spacial score (nSPS) is 16.4. The highest BCUT2D eigenvalue weighted by Crippen LogP contribution is 2.23. The Morgan fingerprint density at radius 3 is 2.50 bits per heavy atom. The maximum absolute atomic E-state index is 12.3. The monoisotopic (exact) mass is 190 g/mol. The van der Waals surface area contributed by atoms with Crippen molar-refractivity contribution >= 4 is 0 Å². The van der Waals surface area contributed by atoms with E-state index >= 15 is 0 Å². The molecule has 0 spiro atoms. The molecule has 0 radical (unpaired) electrons. The highest BCUT2D eigenvalue weighted by atomic mass is 19.1. The predicted octanol–water partition coefficient (Wildman–Crippen LogP) is 4.25. The van der Waals surface area contributed by atoms with E-state index in [4.69, 9.17) is 0 Å². The predicted molar refractivity (Wildman–Crippen MR) is 59.6 cm³/mol. The van der Waals surface area contributed by atoms with Gasteiger partial charge in [-0.2, -0.15) is 0 Å². The molecular formula is C13H15F. The molecule has 0 unspecified atom stereocenters. The number of halogens is 1. The molecule has 0 saturated carbocycles. The van der Waals surface area contributed by atoms with Crippen LogP contribution in [0, 0.1) is 0 Å². The standard InChI is InChI=1S/C13H15F/c1-10-4-8-13(9-5-10)11(2)6-7-12(3)14/h4,6-8H,2-3,5,9H2,1H3/b7-6-. The van der Waals surface area contributed by atoms with E-state index in [1.54, 1.807) is 6.08 Å². The first-order valence-electron chi connectivity index (χ1n) is 4.67. The topological polar surface area (TPSA) is 0 Å². The zero-order chi connectivity index (χ0) is 10.6. The van der Waals surface area contributed by atoms with Gasteiger partial charge in [0.2, 0.25) is 0 Å². The van der Waals surface area contributed by atoms with Crippen molar-refractivity contribution in [3.05, 3.63) is 60.0 Å². The van der Waals surface area contributed by atoms with Crippen molar-refractivity contribution in [2.24, 2.45) is 0 Å². The largest absolute Gasteiger partial charge is 0.208 e. The average Bonchev–Trinajstić information content (AvgIpc) is 2.15. The summed E-state index contributed by atoms with van der Waals surface area (Å²) in [6, 6.07) is 0. The summed E-state index contributed by atoms with van der Waals surface area (Å²) in [7, 11) is 0. The third-order valence-electron chi connectivity index (χ3n) is 2.24. The van der Waals surface area contributed by atoms with Crippen molar-refractivity contribution in [2.75, 3.05) is 0 Å². The summed E-state index contributed by atoms with van der Waals surface area (Å²) < 4.78 is 12.3. The van der Waals surface area contributed by atoms with E-state index in [1.807, 2.05) is 6.08 Å². The van der Waals surface area contributed by atoms with Crippen molar-refractivity contribution in [2.45, 2.75) is 19.8 Å². The Balaban J connectivity index is 2.67. The van der Waals surface area contributed by atoms with Crippen LogP contribution in [0.3, 0.4) is 0 Å². The molecule has 0 N–H and O–H groups in total. The summed E-state index contributed by atoms with van der Waals surface area (Å²) in [4.78, 5) is 0. The lowest BCUT2D eigenvalue weighted by molar-refractivity contribution is 0.671. The van der Waals surface area contributed by atoms with E-state index in [0.29, 0.717) is 0 Å². The fraction of sp³-hybridized carbons (Fsp3) is 0.231. The van der Waals surface area contributed by atoms with Crippen molar-refractivity contribution in [3.8, 4) is 0 Å². The van der Waals surface area contributed by atoms with Crippen molar-refractivity contribution < 1.29 is 4.39 Å². The van der Waals surface area contributed by atoms with Crippen LogP contribution in [0.5, 0.6) is 0 Å². The second-order valence-corrected chi connectivity index (χ2v) is 3.51. The van der Waals surface area contributed by atoms with Crippen LogP contribution < -0.4 is 0 Å². The molecular weight excluding hydrogens is 175 g/mol. The molecule has 0 atom stereocenters. The van der Waals surface area contributed by atoms with Gasteiger partial charge in [-0.3, -0.25) is 0 Å². The molecule has 1 aliphatic carbocycles. The molecule has 1 rings (SSSR count).